The number of piperazine rings is 1. The van der Waals surface area contributed by atoms with Crippen molar-refractivity contribution in [3.05, 3.63) is 71.0 Å². The first-order valence-corrected chi connectivity index (χ1v) is 12.4. The fraction of sp³-hybridized carbons (Fsp3) is 0.238. The smallest absolute Gasteiger partial charge is 0.250 e. The number of halogens is 2. The van der Waals surface area contributed by atoms with E-state index in [4.69, 9.17) is 16.3 Å². The number of anilines is 1. The molecule has 0 radical (unpaired) electrons. The van der Waals surface area contributed by atoms with Crippen LogP contribution in [0.2, 0.25) is 5.02 Å². The minimum Gasteiger partial charge on any atom is -0.445 e. The van der Waals surface area contributed by atoms with Crippen LogP contribution >= 0.6 is 22.9 Å². The van der Waals surface area contributed by atoms with Crippen molar-refractivity contribution in [2.24, 2.45) is 0 Å². The molecule has 0 unspecified atom stereocenters. The molecule has 0 atom stereocenters. The van der Waals surface area contributed by atoms with E-state index in [2.05, 4.69) is 14.9 Å². The number of benzene rings is 2. The molecule has 2 heterocycles. The van der Waals surface area contributed by atoms with Crippen molar-refractivity contribution in [1.29, 1.82) is 0 Å². The Morgan fingerprint density at radius 3 is 2.68 bits per heavy atom. The molecular weight excluding hydrogens is 461 g/mol. The monoisotopic (exact) mass is 481 g/mol. The maximum absolute atomic E-state index is 13.3. The number of ether oxygens (including phenoxy) is 1. The number of thiophene rings is 1. The molecule has 1 fully saturated rings. The first kappa shape index (κ1) is 22.0. The van der Waals surface area contributed by atoms with Gasteiger partial charge in [-0.1, -0.05) is 41.1 Å². The van der Waals surface area contributed by atoms with Gasteiger partial charge in [0.15, 0.2) is 0 Å². The van der Waals surface area contributed by atoms with Crippen LogP contribution in [-0.2, 0) is 16.6 Å². The van der Waals surface area contributed by atoms with E-state index in [-0.39, 0.29) is 15.8 Å². The minimum atomic E-state index is -3.82. The number of hydrogen-bond acceptors (Lipinski definition) is 6. The number of rotatable bonds is 7. The summed E-state index contributed by atoms with van der Waals surface area (Å²) in [7, 11) is -3.82. The highest BCUT2D eigenvalue weighted by molar-refractivity contribution is 7.91. The van der Waals surface area contributed by atoms with Crippen molar-refractivity contribution in [3.8, 4) is 10.8 Å². The largest absolute Gasteiger partial charge is 0.445 e. The van der Waals surface area contributed by atoms with Gasteiger partial charge in [-0.3, -0.25) is 0 Å². The molecule has 3 aromatic rings. The molecular formula is C21H21ClFN3O3S2. The van der Waals surface area contributed by atoms with Crippen LogP contribution in [0.25, 0.3) is 0 Å². The van der Waals surface area contributed by atoms with Crippen molar-refractivity contribution >= 4 is 38.6 Å². The maximum Gasteiger partial charge on any atom is 0.250 e. The molecule has 0 amide bonds. The highest BCUT2D eigenvalue weighted by atomic mass is 35.5. The minimum absolute atomic E-state index is 0.0292. The van der Waals surface area contributed by atoms with Gasteiger partial charge in [-0.2, -0.15) is 0 Å². The van der Waals surface area contributed by atoms with Gasteiger partial charge in [0.05, 0.1) is 5.02 Å². The van der Waals surface area contributed by atoms with E-state index in [1.54, 1.807) is 12.1 Å². The zero-order valence-electron chi connectivity index (χ0n) is 16.5. The van der Waals surface area contributed by atoms with E-state index >= 15 is 0 Å². The summed E-state index contributed by atoms with van der Waals surface area (Å²) in [5.41, 5.74) is 1.56. The van der Waals surface area contributed by atoms with Gasteiger partial charge in [-0.15, -0.1) is 0 Å². The van der Waals surface area contributed by atoms with Crippen LogP contribution in [0.1, 0.15) is 5.56 Å². The van der Waals surface area contributed by atoms with Gasteiger partial charge in [-0.05, 0) is 35.9 Å². The highest BCUT2D eigenvalue weighted by Crippen LogP contribution is 2.40. The van der Waals surface area contributed by atoms with E-state index in [1.807, 2.05) is 18.2 Å². The third-order valence-corrected chi connectivity index (χ3v) is 8.04. The topological polar surface area (TPSA) is 70.7 Å². The lowest BCUT2D eigenvalue weighted by Crippen LogP contribution is -2.43. The summed E-state index contributed by atoms with van der Waals surface area (Å²) in [5, 5.41) is 3.82. The van der Waals surface area contributed by atoms with E-state index < -0.39 is 15.8 Å². The van der Waals surface area contributed by atoms with Gasteiger partial charge in [0.25, 0.3) is 10.0 Å². The SMILES string of the molecule is O=S(=O)(NCc1cccc(F)c1)c1cc(Cl)c(Oc2cccc(N3CCNCC3)c2)s1. The zero-order chi connectivity index (χ0) is 21.8. The Morgan fingerprint density at radius 2 is 1.90 bits per heavy atom. The Labute approximate surface area is 189 Å². The standard InChI is InChI=1S/C21H21ClFN3O3S2/c22-19-13-20(31(27,28)25-14-15-3-1-4-16(23)11-15)30-21(19)29-18-6-2-5-17(12-18)26-9-7-24-8-10-26/h1-6,11-13,24-25H,7-10,14H2. The Balaban J connectivity index is 1.47. The molecule has 1 saturated heterocycles. The third kappa shape index (κ3) is 5.55. The second kappa shape index (κ2) is 9.54. The lowest BCUT2D eigenvalue weighted by atomic mass is 10.2. The summed E-state index contributed by atoms with van der Waals surface area (Å²) in [6.45, 7) is 3.63. The van der Waals surface area contributed by atoms with Gasteiger partial charge >= 0.3 is 0 Å². The van der Waals surface area contributed by atoms with Crippen LogP contribution in [-0.4, -0.2) is 34.6 Å². The van der Waals surface area contributed by atoms with Gasteiger partial charge in [0.2, 0.25) is 5.06 Å². The molecule has 1 aliphatic heterocycles. The molecule has 10 heteroatoms. The van der Waals surface area contributed by atoms with Gasteiger partial charge in [0, 0.05) is 44.5 Å². The summed E-state index contributed by atoms with van der Waals surface area (Å²) in [5.74, 6) is 0.158. The molecule has 4 rings (SSSR count). The van der Waals surface area contributed by atoms with E-state index in [0.29, 0.717) is 16.4 Å². The number of hydrogen-bond donors (Lipinski definition) is 2. The first-order chi connectivity index (χ1) is 14.9. The van der Waals surface area contributed by atoms with Crippen molar-refractivity contribution in [2.75, 3.05) is 31.1 Å². The summed E-state index contributed by atoms with van der Waals surface area (Å²) in [6, 6.07) is 14.7. The van der Waals surface area contributed by atoms with Crippen molar-refractivity contribution in [3.63, 3.8) is 0 Å². The van der Waals surface area contributed by atoms with Gasteiger partial charge in [-0.25, -0.2) is 17.5 Å². The van der Waals surface area contributed by atoms with Crippen LogP contribution in [0.15, 0.2) is 58.8 Å². The average Bonchev–Trinajstić information content (AvgIpc) is 3.14. The molecule has 6 nitrogen and oxygen atoms in total. The van der Waals surface area contributed by atoms with E-state index in [0.717, 1.165) is 43.2 Å². The lowest BCUT2D eigenvalue weighted by Gasteiger charge is -2.29. The second-order valence-electron chi connectivity index (χ2n) is 6.99. The van der Waals surface area contributed by atoms with Crippen molar-refractivity contribution in [2.45, 2.75) is 10.8 Å². The molecule has 31 heavy (non-hydrogen) atoms. The van der Waals surface area contributed by atoms with Crippen LogP contribution in [0, 0.1) is 5.82 Å². The predicted octanol–water partition coefficient (Wildman–Crippen LogP) is 4.22. The van der Waals surface area contributed by atoms with Crippen molar-refractivity contribution < 1.29 is 17.5 Å². The van der Waals surface area contributed by atoms with Crippen LogP contribution in [0.5, 0.6) is 10.8 Å². The average molecular weight is 482 g/mol. The molecule has 2 aromatic carbocycles. The molecule has 0 aliphatic carbocycles. The summed E-state index contributed by atoms with van der Waals surface area (Å²) >= 11 is 7.19. The summed E-state index contributed by atoms with van der Waals surface area (Å²) in [4.78, 5) is 2.26. The highest BCUT2D eigenvalue weighted by Gasteiger charge is 2.21. The van der Waals surface area contributed by atoms with Crippen LogP contribution < -0.4 is 19.7 Å². The predicted molar refractivity (Wildman–Crippen MR) is 121 cm³/mol. The zero-order valence-corrected chi connectivity index (χ0v) is 18.9. The molecule has 1 aromatic heterocycles. The van der Waals surface area contributed by atoms with Crippen molar-refractivity contribution in [1.82, 2.24) is 10.0 Å². The number of nitrogens with zero attached hydrogens (tertiary/aromatic N) is 1. The molecule has 0 spiro atoms. The Bertz CT molecular complexity index is 1160. The number of nitrogens with one attached hydrogen (secondary N) is 2. The van der Waals surface area contributed by atoms with Crippen LogP contribution in [0.4, 0.5) is 10.1 Å². The van der Waals surface area contributed by atoms with Gasteiger partial charge in [0.1, 0.15) is 15.8 Å². The maximum atomic E-state index is 13.3. The van der Waals surface area contributed by atoms with Crippen LogP contribution in [0.3, 0.4) is 0 Å². The second-order valence-corrected chi connectivity index (χ2v) is 10.4. The normalized spacial score (nSPS) is 14.6. The lowest BCUT2D eigenvalue weighted by molar-refractivity contribution is 0.496. The third-order valence-electron chi connectivity index (χ3n) is 4.76. The summed E-state index contributed by atoms with van der Waals surface area (Å²) in [6.07, 6.45) is 0. The molecule has 0 bridgehead atoms. The molecule has 0 saturated carbocycles. The van der Waals surface area contributed by atoms with Gasteiger partial charge < -0.3 is 15.0 Å². The molecule has 164 valence electrons. The summed E-state index contributed by atoms with van der Waals surface area (Å²) < 4.78 is 47.0. The fourth-order valence-electron chi connectivity index (χ4n) is 3.20. The fourth-order valence-corrected chi connectivity index (χ4v) is 5.87. The Kier molecular flexibility index (Phi) is 6.78. The molecule has 2 N–H and O–H groups in total. The quantitative estimate of drug-likeness (QED) is 0.528. The Morgan fingerprint density at radius 1 is 1.13 bits per heavy atom. The van der Waals surface area contributed by atoms with E-state index in [1.165, 1.54) is 24.3 Å². The number of sulfonamides is 1. The first-order valence-electron chi connectivity index (χ1n) is 9.68. The molecule has 1 aliphatic rings. The van der Waals surface area contributed by atoms with E-state index in [9.17, 15) is 12.8 Å². The Hall–Kier alpha value is -2.17.